The minimum Gasteiger partial charge on any atom is -0.384 e. The zero-order chi connectivity index (χ0) is 21.1. The highest BCUT2D eigenvalue weighted by molar-refractivity contribution is 5.83. The zero-order valence-electron chi connectivity index (χ0n) is 17.5. The van der Waals surface area contributed by atoms with Crippen LogP contribution in [0.4, 0.5) is 11.6 Å². The highest BCUT2D eigenvalue weighted by Gasteiger charge is 2.18. The summed E-state index contributed by atoms with van der Waals surface area (Å²) in [5.41, 5.74) is 10.9. The minimum atomic E-state index is 0.304. The summed E-state index contributed by atoms with van der Waals surface area (Å²) in [5, 5.41) is 4.57. The molecule has 3 aromatic heterocycles. The number of nitrogen functional groups attached to an aromatic ring is 1. The first kappa shape index (κ1) is 19.8. The maximum absolute atomic E-state index is 5.93. The molecule has 4 aromatic rings. The minimum absolute atomic E-state index is 0.304. The molecule has 3 N–H and O–H groups in total. The number of aromatic nitrogens is 4. The average Bonchev–Trinajstić information content (AvgIpc) is 2.77. The first-order valence-corrected chi connectivity index (χ1v) is 10.2. The van der Waals surface area contributed by atoms with E-state index >= 15 is 0 Å². The van der Waals surface area contributed by atoms with E-state index in [4.69, 9.17) is 5.73 Å². The summed E-state index contributed by atoms with van der Waals surface area (Å²) >= 11 is 0. The Balaban J connectivity index is 1.49. The molecule has 0 aliphatic carbocycles. The molecule has 6 nitrogen and oxygen atoms in total. The van der Waals surface area contributed by atoms with Gasteiger partial charge in [0.25, 0.3) is 0 Å². The van der Waals surface area contributed by atoms with Gasteiger partial charge in [-0.15, -0.1) is 0 Å². The molecule has 0 saturated carbocycles. The molecule has 3 heterocycles. The lowest BCUT2D eigenvalue weighted by Crippen LogP contribution is -2.18. The van der Waals surface area contributed by atoms with E-state index in [-0.39, 0.29) is 0 Å². The quantitative estimate of drug-likeness (QED) is 0.483. The molecular weight excluding hydrogens is 372 g/mol. The lowest BCUT2D eigenvalue weighted by Gasteiger charge is -2.22. The largest absolute Gasteiger partial charge is 0.384 e. The summed E-state index contributed by atoms with van der Waals surface area (Å²) in [5.74, 6) is 2.02. The van der Waals surface area contributed by atoms with Crippen molar-refractivity contribution in [2.45, 2.75) is 26.7 Å². The highest BCUT2D eigenvalue weighted by Crippen LogP contribution is 2.30. The number of hydrogen-bond acceptors (Lipinski definition) is 6. The van der Waals surface area contributed by atoms with Crippen LogP contribution in [0.3, 0.4) is 0 Å². The molecule has 0 saturated heterocycles. The van der Waals surface area contributed by atoms with E-state index in [0.717, 1.165) is 40.2 Å². The Morgan fingerprint density at radius 2 is 1.87 bits per heavy atom. The smallest absolute Gasteiger partial charge is 0.129 e. The van der Waals surface area contributed by atoms with Crippen LogP contribution in [0.25, 0.3) is 22.2 Å². The molecule has 0 aliphatic heterocycles. The van der Waals surface area contributed by atoms with Gasteiger partial charge in [-0.25, -0.2) is 15.0 Å². The predicted octanol–water partition coefficient (Wildman–Crippen LogP) is 4.83. The van der Waals surface area contributed by atoms with Crippen LogP contribution in [0.2, 0.25) is 0 Å². The van der Waals surface area contributed by atoms with Crippen LogP contribution in [-0.2, 0) is 0 Å². The highest BCUT2D eigenvalue weighted by atomic mass is 15.0. The van der Waals surface area contributed by atoms with Crippen LogP contribution in [0.1, 0.15) is 31.0 Å². The molecule has 1 unspecified atom stereocenters. The van der Waals surface area contributed by atoms with Crippen molar-refractivity contribution in [2.24, 2.45) is 5.92 Å². The van der Waals surface area contributed by atoms with Gasteiger partial charge < -0.3 is 11.1 Å². The lowest BCUT2D eigenvalue weighted by molar-refractivity contribution is 0.513. The Morgan fingerprint density at radius 1 is 1.00 bits per heavy atom. The molecule has 0 spiro atoms. The number of anilines is 2. The number of para-hydroxylation sites is 1. The van der Waals surface area contributed by atoms with Crippen molar-refractivity contribution in [3.05, 3.63) is 72.3 Å². The van der Waals surface area contributed by atoms with Gasteiger partial charge in [0.05, 0.1) is 11.2 Å². The van der Waals surface area contributed by atoms with Crippen molar-refractivity contribution in [3.63, 3.8) is 0 Å². The van der Waals surface area contributed by atoms with Crippen molar-refractivity contribution >= 4 is 22.5 Å². The van der Waals surface area contributed by atoms with Crippen molar-refractivity contribution in [1.82, 2.24) is 19.9 Å². The van der Waals surface area contributed by atoms with Gasteiger partial charge >= 0.3 is 0 Å². The van der Waals surface area contributed by atoms with E-state index in [2.05, 4.69) is 57.3 Å². The number of nitrogens with two attached hydrogens (primary N) is 1. The fraction of sp³-hybridized carbons (Fsp3) is 0.250. The predicted molar refractivity (Wildman–Crippen MR) is 122 cm³/mol. The van der Waals surface area contributed by atoms with Crippen molar-refractivity contribution < 1.29 is 0 Å². The molecule has 6 heteroatoms. The summed E-state index contributed by atoms with van der Waals surface area (Å²) in [4.78, 5) is 17.7. The summed E-state index contributed by atoms with van der Waals surface area (Å²) in [7, 11) is 0. The average molecular weight is 399 g/mol. The topological polar surface area (TPSA) is 89.6 Å². The molecule has 152 valence electrons. The van der Waals surface area contributed by atoms with Gasteiger partial charge in [-0.05, 0) is 48.6 Å². The molecule has 0 fully saturated rings. The first-order valence-electron chi connectivity index (χ1n) is 10.2. The van der Waals surface area contributed by atoms with E-state index in [1.807, 2.05) is 43.5 Å². The van der Waals surface area contributed by atoms with Gasteiger partial charge in [-0.3, -0.25) is 4.98 Å². The van der Waals surface area contributed by atoms with Crippen LogP contribution in [-0.4, -0.2) is 26.5 Å². The number of nitrogens with zero attached hydrogens (tertiary/aromatic N) is 4. The first-order chi connectivity index (χ1) is 14.5. The van der Waals surface area contributed by atoms with Crippen molar-refractivity contribution in [1.29, 1.82) is 0 Å². The third-order valence-electron chi connectivity index (χ3n) is 5.60. The summed E-state index contributed by atoms with van der Waals surface area (Å²) < 4.78 is 0. The van der Waals surface area contributed by atoms with E-state index < -0.39 is 0 Å². The fourth-order valence-corrected chi connectivity index (χ4v) is 3.53. The van der Waals surface area contributed by atoms with E-state index in [0.29, 0.717) is 17.7 Å². The standard InChI is InChI=1S/C24H26N6/c1-15(17(3)20-6-4-5-18-9-10-22(25)30-24(18)20)12-27-23-11-21(28-14-29-23)19-8-7-16(2)26-13-19/h4-11,13-15,17H,12H2,1-3H3,(H2,25,30)(H,27,28,29)/t15-,17?/m1/s1. The molecule has 1 aromatic carbocycles. The Bertz CT molecular complexity index is 1160. The Hall–Kier alpha value is -3.54. The molecule has 0 bridgehead atoms. The SMILES string of the molecule is Cc1ccc(-c2cc(NC[C@@H](C)C(C)c3cccc4ccc(N)nc34)ncn2)cn1. The third kappa shape index (κ3) is 4.22. The monoisotopic (exact) mass is 398 g/mol. The molecule has 4 rings (SSSR count). The summed E-state index contributed by atoms with van der Waals surface area (Å²) in [6.45, 7) is 7.21. The van der Waals surface area contributed by atoms with E-state index in [1.165, 1.54) is 5.56 Å². The number of nitrogens with one attached hydrogen (secondary N) is 1. The summed E-state index contributed by atoms with van der Waals surface area (Å²) in [6.07, 6.45) is 3.42. The van der Waals surface area contributed by atoms with Crippen LogP contribution in [0.15, 0.2) is 61.1 Å². The number of hydrogen-bond donors (Lipinski definition) is 2. The zero-order valence-corrected chi connectivity index (χ0v) is 17.5. The number of aryl methyl sites for hydroxylation is 1. The fourth-order valence-electron chi connectivity index (χ4n) is 3.53. The maximum atomic E-state index is 5.93. The second-order valence-electron chi connectivity index (χ2n) is 7.78. The molecule has 30 heavy (non-hydrogen) atoms. The molecule has 2 atom stereocenters. The van der Waals surface area contributed by atoms with Gasteiger partial charge in [0.1, 0.15) is 18.0 Å². The van der Waals surface area contributed by atoms with Gasteiger partial charge in [0, 0.05) is 35.5 Å². The second kappa shape index (κ2) is 8.45. The van der Waals surface area contributed by atoms with Crippen LogP contribution in [0, 0.1) is 12.8 Å². The molecule has 0 aliphatic rings. The van der Waals surface area contributed by atoms with E-state index in [9.17, 15) is 0 Å². The summed E-state index contributed by atoms with van der Waals surface area (Å²) in [6, 6.07) is 16.1. The van der Waals surface area contributed by atoms with Gasteiger partial charge in [0.2, 0.25) is 0 Å². The van der Waals surface area contributed by atoms with Crippen LogP contribution in [0.5, 0.6) is 0 Å². The van der Waals surface area contributed by atoms with Gasteiger partial charge in [-0.1, -0.05) is 32.0 Å². The normalized spacial score (nSPS) is 13.2. The van der Waals surface area contributed by atoms with Crippen LogP contribution >= 0.6 is 0 Å². The number of benzene rings is 1. The van der Waals surface area contributed by atoms with Crippen molar-refractivity contribution in [3.8, 4) is 11.3 Å². The maximum Gasteiger partial charge on any atom is 0.129 e. The number of pyridine rings is 2. The van der Waals surface area contributed by atoms with Crippen molar-refractivity contribution in [2.75, 3.05) is 17.6 Å². The Morgan fingerprint density at radius 3 is 2.67 bits per heavy atom. The molecule has 0 radical (unpaired) electrons. The Kier molecular flexibility index (Phi) is 5.57. The molecular formula is C24H26N6. The van der Waals surface area contributed by atoms with Gasteiger partial charge in [-0.2, -0.15) is 0 Å². The second-order valence-corrected chi connectivity index (χ2v) is 7.78. The lowest BCUT2D eigenvalue weighted by atomic mass is 9.87. The molecule has 0 amide bonds. The van der Waals surface area contributed by atoms with Crippen LogP contribution < -0.4 is 11.1 Å². The third-order valence-corrected chi connectivity index (χ3v) is 5.60. The van der Waals surface area contributed by atoms with Gasteiger partial charge in [0.15, 0.2) is 0 Å². The Labute approximate surface area is 176 Å². The number of fused-ring (bicyclic) bond motifs is 1. The van der Waals surface area contributed by atoms with E-state index in [1.54, 1.807) is 6.33 Å². The number of rotatable bonds is 6.